The Labute approximate surface area is 148 Å². The zero-order valence-electron chi connectivity index (χ0n) is 12.4. The first kappa shape index (κ1) is 20.3. The van der Waals surface area contributed by atoms with Crippen molar-refractivity contribution >= 4 is 41.5 Å². The van der Waals surface area contributed by atoms with E-state index in [0.29, 0.717) is 23.3 Å². The molecule has 1 aromatic carbocycles. The molecule has 0 atom stereocenters. The first-order chi connectivity index (χ1) is 9.67. The highest BCUT2D eigenvalue weighted by molar-refractivity contribution is 14.0. The smallest absolute Gasteiger partial charge is 0.188 e. The summed E-state index contributed by atoms with van der Waals surface area (Å²) in [6, 6.07) is 5.45. The number of rotatable bonds is 8. The van der Waals surface area contributed by atoms with Crippen LogP contribution in [0.1, 0.15) is 18.9 Å². The maximum Gasteiger partial charge on any atom is 0.188 e. The Balaban J connectivity index is 0.00000400. The summed E-state index contributed by atoms with van der Waals surface area (Å²) in [6.07, 6.45) is 0.897. The van der Waals surface area contributed by atoms with Crippen LogP contribution >= 0.6 is 35.6 Å². The number of hydrogen-bond acceptors (Lipinski definition) is 3. The first-order valence-corrected chi connectivity index (χ1v) is 6.99. The quantitative estimate of drug-likeness (QED) is 0.290. The Kier molecular flexibility index (Phi) is 11.5. The molecule has 3 N–H and O–H groups in total. The monoisotopic (exact) mass is 427 g/mol. The highest BCUT2D eigenvalue weighted by Crippen LogP contribution is 2.23. The molecule has 0 fully saturated rings. The molecule has 0 heterocycles. The van der Waals surface area contributed by atoms with E-state index in [-0.39, 0.29) is 24.0 Å². The molecule has 0 spiro atoms. The predicted molar refractivity (Wildman–Crippen MR) is 97.9 cm³/mol. The van der Waals surface area contributed by atoms with Gasteiger partial charge in [0, 0.05) is 30.3 Å². The van der Waals surface area contributed by atoms with Crippen molar-refractivity contribution in [2.75, 3.05) is 26.9 Å². The molecule has 0 radical (unpaired) electrons. The Bertz CT molecular complexity index is 444. The zero-order chi connectivity index (χ0) is 14.8. The standard InChI is InChI=1S/C14H22ClN3O2.HI/c1-3-20-8-4-7-17-14(16)18-10-11-5-6-12(15)9-13(11)19-2;/h5-6,9H,3-4,7-8,10H2,1-2H3,(H3,16,17,18);1H. The summed E-state index contributed by atoms with van der Waals surface area (Å²) >= 11 is 5.90. The summed E-state index contributed by atoms with van der Waals surface area (Å²) < 4.78 is 10.5. The highest BCUT2D eigenvalue weighted by Gasteiger charge is 2.03. The van der Waals surface area contributed by atoms with Crippen LogP contribution in [0.4, 0.5) is 0 Å². The second-order valence-corrected chi connectivity index (χ2v) is 4.57. The molecule has 21 heavy (non-hydrogen) atoms. The number of aliphatic imine (C=N–C) groups is 1. The number of methoxy groups -OCH3 is 1. The van der Waals surface area contributed by atoms with Crippen LogP contribution in [0.2, 0.25) is 5.02 Å². The number of nitrogens with zero attached hydrogens (tertiary/aromatic N) is 1. The Morgan fingerprint density at radius 3 is 2.86 bits per heavy atom. The van der Waals surface area contributed by atoms with E-state index in [2.05, 4.69) is 10.3 Å². The minimum atomic E-state index is 0. The lowest BCUT2D eigenvalue weighted by Gasteiger charge is -2.08. The third kappa shape index (κ3) is 8.33. The van der Waals surface area contributed by atoms with Crippen molar-refractivity contribution in [1.82, 2.24) is 5.32 Å². The van der Waals surface area contributed by atoms with Gasteiger partial charge in [0.2, 0.25) is 0 Å². The zero-order valence-corrected chi connectivity index (χ0v) is 15.5. The lowest BCUT2D eigenvalue weighted by molar-refractivity contribution is 0.145. The largest absolute Gasteiger partial charge is 0.496 e. The van der Waals surface area contributed by atoms with Crippen LogP contribution in [0.15, 0.2) is 23.2 Å². The second-order valence-electron chi connectivity index (χ2n) is 4.13. The van der Waals surface area contributed by atoms with Gasteiger partial charge in [-0.05, 0) is 25.5 Å². The Morgan fingerprint density at radius 1 is 1.43 bits per heavy atom. The molecule has 1 rings (SSSR count). The molecular weight excluding hydrogens is 405 g/mol. The van der Waals surface area contributed by atoms with Gasteiger partial charge in [-0.1, -0.05) is 17.7 Å². The fourth-order valence-corrected chi connectivity index (χ4v) is 1.77. The molecule has 0 aliphatic carbocycles. The minimum Gasteiger partial charge on any atom is -0.496 e. The highest BCUT2D eigenvalue weighted by atomic mass is 127. The van der Waals surface area contributed by atoms with Crippen molar-refractivity contribution in [2.45, 2.75) is 19.9 Å². The molecule has 0 aromatic heterocycles. The second kappa shape index (κ2) is 11.9. The third-order valence-electron chi connectivity index (χ3n) is 2.64. The van der Waals surface area contributed by atoms with Gasteiger partial charge in [-0.25, -0.2) is 4.99 Å². The average molecular weight is 428 g/mol. The Morgan fingerprint density at radius 2 is 2.19 bits per heavy atom. The summed E-state index contributed by atoms with van der Waals surface area (Å²) in [7, 11) is 1.61. The van der Waals surface area contributed by atoms with Crippen molar-refractivity contribution in [3.63, 3.8) is 0 Å². The molecule has 0 amide bonds. The van der Waals surface area contributed by atoms with E-state index in [1.165, 1.54) is 0 Å². The Hall–Kier alpha value is -0.730. The van der Waals surface area contributed by atoms with Gasteiger partial charge in [-0.2, -0.15) is 0 Å². The summed E-state index contributed by atoms with van der Waals surface area (Å²) in [6.45, 7) is 4.63. The van der Waals surface area contributed by atoms with E-state index in [1.54, 1.807) is 19.2 Å². The van der Waals surface area contributed by atoms with Crippen LogP contribution < -0.4 is 15.8 Å². The lowest BCUT2D eigenvalue weighted by Crippen LogP contribution is -2.32. The number of halogens is 2. The van der Waals surface area contributed by atoms with Crippen molar-refractivity contribution in [2.24, 2.45) is 10.7 Å². The van der Waals surface area contributed by atoms with Crippen LogP contribution in [-0.2, 0) is 11.3 Å². The van der Waals surface area contributed by atoms with Crippen molar-refractivity contribution < 1.29 is 9.47 Å². The van der Waals surface area contributed by atoms with Gasteiger partial charge >= 0.3 is 0 Å². The van der Waals surface area contributed by atoms with Crippen molar-refractivity contribution in [3.8, 4) is 5.75 Å². The summed E-state index contributed by atoms with van der Waals surface area (Å²) in [4.78, 5) is 4.27. The molecule has 0 saturated carbocycles. The lowest BCUT2D eigenvalue weighted by atomic mass is 10.2. The van der Waals surface area contributed by atoms with Crippen LogP contribution in [0.3, 0.4) is 0 Å². The van der Waals surface area contributed by atoms with Gasteiger partial charge in [-0.3, -0.25) is 0 Å². The number of benzene rings is 1. The van der Waals surface area contributed by atoms with Crippen LogP contribution in [0, 0.1) is 0 Å². The average Bonchev–Trinajstić information content (AvgIpc) is 2.45. The van der Waals surface area contributed by atoms with Gasteiger partial charge < -0.3 is 20.5 Å². The van der Waals surface area contributed by atoms with E-state index in [0.717, 1.165) is 31.7 Å². The summed E-state index contributed by atoms with van der Waals surface area (Å²) in [5.74, 6) is 1.13. The normalized spacial score (nSPS) is 10.9. The number of ether oxygens (including phenoxy) is 2. The summed E-state index contributed by atoms with van der Waals surface area (Å²) in [5, 5.41) is 3.68. The fraction of sp³-hybridized carbons (Fsp3) is 0.500. The molecule has 120 valence electrons. The predicted octanol–water partition coefficient (Wildman–Crippen LogP) is 2.80. The molecule has 1 aromatic rings. The number of nitrogens with one attached hydrogen (secondary N) is 1. The molecule has 0 saturated heterocycles. The van der Waals surface area contributed by atoms with Crippen LogP contribution in [0.5, 0.6) is 5.75 Å². The van der Waals surface area contributed by atoms with Crippen molar-refractivity contribution in [1.29, 1.82) is 0 Å². The maximum atomic E-state index is 5.90. The topological polar surface area (TPSA) is 68.9 Å². The molecule has 7 heteroatoms. The summed E-state index contributed by atoms with van der Waals surface area (Å²) in [5.41, 5.74) is 6.73. The van der Waals surface area contributed by atoms with E-state index in [4.69, 9.17) is 26.8 Å². The van der Waals surface area contributed by atoms with Crippen LogP contribution in [0.25, 0.3) is 0 Å². The first-order valence-electron chi connectivity index (χ1n) is 6.61. The van der Waals surface area contributed by atoms with E-state index in [1.807, 2.05) is 13.0 Å². The number of hydrogen-bond donors (Lipinski definition) is 2. The van der Waals surface area contributed by atoms with E-state index in [9.17, 15) is 0 Å². The van der Waals surface area contributed by atoms with Gasteiger partial charge in [0.05, 0.1) is 13.7 Å². The molecule has 0 bridgehead atoms. The van der Waals surface area contributed by atoms with Gasteiger partial charge in [0.1, 0.15) is 5.75 Å². The molecule has 0 unspecified atom stereocenters. The SMILES string of the molecule is CCOCCCNC(N)=NCc1ccc(Cl)cc1OC.I. The van der Waals surface area contributed by atoms with Crippen LogP contribution in [-0.4, -0.2) is 32.8 Å². The van der Waals surface area contributed by atoms with Gasteiger partial charge in [0.25, 0.3) is 0 Å². The fourth-order valence-electron chi connectivity index (χ4n) is 1.61. The number of nitrogens with two attached hydrogens (primary N) is 1. The maximum absolute atomic E-state index is 5.90. The van der Waals surface area contributed by atoms with Gasteiger partial charge in [-0.15, -0.1) is 24.0 Å². The molecular formula is C14H23ClIN3O2. The molecule has 0 aliphatic heterocycles. The van der Waals surface area contributed by atoms with E-state index < -0.39 is 0 Å². The van der Waals surface area contributed by atoms with Crippen molar-refractivity contribution in [3.05, 3.63) is 28.8 Å². The third-order valence-corrected chi connectivity index (χ3v) is 2.88. The molecule has 5 nitrogen and oxygen atoms in total. The van der Waals surface area contributed by atoms with E-state index >= 15 is 0 Å². The minimum absolute atomic E-state index is 0. The molecule has 0 aliphatic rings. The number of guanidine groups is 1. The van der Waals surface area contributed by atoms with Gasteiger partial charge in [0.15, 0.2) is 5.96 Å².